The van der Waals surface area contributed by atoms with Crippen LogP contribution in [0.2, 0.25) is 19.1 Å². The number of ketones is 1. The van der Waals surface area contributed by atoms with Crippen LogP contribution in [-0.2, 0) is 14.3 Å². The van der Waals surface area contributed by atoms with Crippen molar-refractivity contribution in [3.63, 3.8) is 0 Å². The van der Waals surface area contributed by atoms with Gasteiger partial charge in [0.15, 0.2) is 8.32 Å². The highest BCUT2D eigenvalue weighted by molar-refractivity contribution is 6.69. The molecule has 4 nitrogen and oxygen atoms in total. The highest BCUT2D eigenvalue weighted by Gasteiger charge is 2.16. The Balaban J connectivity index is 3.47. The van der Waals surface area contributed by atoms with Gasteiger partial charge in [-0.05, 0) is 25.6 Å². The van der Waals surface area contributed by atoms with Crippen LogP contribution in [0.5, 0.6) is 0 Å². The summed E-state index contributed by atoms with van der Waals surface area (Å²) >= 11 is 0. The molecule has 0 aromatic carbocycles. The van der Waals surface area contributed by atoms with E-state index in [1.807, 2.05) is 13.1 Å². The van der Waals surface area contributed by atoms with E-state index in [0.29, 0.717) is 12.5 Å². The minimum Gasteiger partial charge on any atom is -0.460 e. The van der Waals surface area contributed by atoms with E-state index < -0.39 is 20.1 Å². The van der Waals surface area contributed by atoms with Crippen molar-refractivity contribution in [3.05, 3.63) is 0 Å². The van der Waals surface area contributed by atoms with Gasteiger partial charge in [0.2, 0.25) is 5.78 Å². The summed E-state index contributed by atoms with van der Waals surface area (Å²) in [6.07, 6.45) is 0.620. The molecule has 1 N–H and O–H groups in total. The standard InChI is InChI=1S/C8H16O4Si/c1-7(9)8(10)12-5-4-6-13(2,3)11/h11H,4-6H2,1-3H3. The van der Waals surface area contributed by atoms with Gasteiger partial charge in [-0.1, -0.05) is 0 Å². The van der Waals surface area contributed by atoms with Crippen LogP contribution < -0.4 is 0 Å². The van der Waals surface area contributed by atoms with Crippen molar-refractivity contribution in [1.82, 2.24) is 0 Å². The van der Waals surface area contributed by atoms with Crippen LogP contribution in [0, 0.1) is 0 Å². The molecule has 0 aliphatic carbocycles. The Morgan fingerprint density at radius 2 is 1.92 bits per heavy atom. The lowest BCUT2D eigenvalue weighted by atomic mass is 10.4. The van der Waals surface area contributed by atoms with Gasteiger partial charge in [0.1, 0.15) is 0 Å². The van der Waals surface area contributed by atoms with Crippen molar-refractivity contribution in [1.29, 1.82) is 0 Å². The number of rotatable bonds is 5. The van der Waals surface area contributed by atoms with Crippen LogP contribution in [-0.4, -0.2) is 31.5 Å². The summed E-state index contributed by atoms with van der Waals surface area (Å²) in [5.74, 6) is -1.38. The Morgan fingerprint density at radius 3 is 2.31 bits per heavy atom. The maximum atomic E-state index is 10.6. The number of hydrogen-bond donors (Lipinski definition) is 1. The Bertz CT molecular complexity index is 195. The highest BCUT2D eigenvalue weighted by atomic mass is 28.4. The molecule has 0 heterocycles. The number of hydrogen-bond acceptors (Lipinski definition) is 4. The SMILES string of the molecule is CC(=O)C(=O)OCCC[Si](C)(C)O. The maximum Gasteiger partial charge on any atom is 0.374 e. The van der Waals surface area contributed by atoms with E-state index in [1.54, 1.807) is 0 Å². The third-order valence-corrected chi connectivity index (χ3v) is 3.03. The summed E-state index contributed by atoms with van der Waals surface area (Å²) in [7, 11) is -2.03. The average Bonchev–Trinajstić information content (AvgIpc) is 1.95. The van der Waals surface area contributed by atoms with Gasteiger partial charge in [-0.25, -0.2) is 4.79 Å². The van der Waals surface area contributed by atoms with Gasteiger partial charge < -0.3 is 9.53 Å². The lowest BCUT2D eigenvalue weighted by Gasteiger charge is -2.12. The molecule has 0 aliphatic heterocycles. The number of esters is 1. The molecule has 13 heavy (non-hydrogen) atoms. The number of ether oxygens (including phenoxy) is 1. The minimum absolute atomic E-state index is 0.218. The summed E-state index contributed by atoms with van der Waals surface area (Å²) in [5, 5.41) is 0. The summed E-state index contributed by atoms with van der Waals surface area (Å²) in [6, 6.07) is 0.679. The molecule has 0 spiro atoms. The van der Waals surface area contributed by atoms with Gasteiger partial charge in [0, 0.05) is 6.92 Å². The van der Waals surface area contributed by atoms with E-state index in [2.05, 4.69) is 4.74 Å². The zero-order valence-corrected chi connectivity index (χ0v) is 9.29. The lowest BCUT2D eigenvalue weighted by molar-refractivity contribution is -0.152. The molecule has 76 valence electrons. The second-order valence-corrected chi connectivity index (χ2v) is 7.73. The second kappa shape index (κ2) is 5.13. The molecular formula is C8H16O4Si. The molecule has 0 unspecified atom stereocenters. The van der Waals surface area contributed by atoms with Crippen LogP contribution in [0.3, 0.4) is 0 Å². The quantitative estimate of drug-likeness (QED) is 0.310. The monoisotopic (exact) mass is 204 g/mol. The molecule has 0 rings (SSSR count). The molecule has 0 radical (unpaired) electrons. The van der Waals surface area contributed by atoms with Crippen molar-refractivity contribution in [2.75, 3.05) is 6.61 Å². The summed E-state index contributed by atoms with van der Waals surface area (Å²) < 4.78 is 4.62. The van der Waals surface area contributed by atoms with Crippen LogP contribution >= 0.6 is 0 Å². The highest BCUT2D eigenvalue weighted by Crippen LogP contribution is 2.07. The molecule has 0 saturated heterocycles. The third-order valence-electron chi connectivity index (χ3n) is 1.45. The van der Waals surface area contributed by atoms with Gasteiger partial charge in [0.05, 0.1) is 6.61 Å². The van der Waals surface area contributed by atoms with Gasteiger partial charge in [-0.2, -0.15) is 0 Å². The van der Waals surface area contributed by atoms with Crippen molar-refractivity contribution >= 4 is 20.1 Å². The number of Topliss-reactive ketones (excluding diaryl/α,β-unsaturated/α-hetero) is 1. The zero-order valence-electron chi connectivity index (χ0n) is 8.29. The molecule has 0 bridgehead atoms. The molecule has 0 fully saturated rings. The zero-order chi connectivity index (χ0) is 10.5. The van der Waals surface area contributed by atoms with E-state index in [1.165, 1.54) is 6.92 Å². The summed E-state index contributed by atoms with van der Waals surface area (Å²) in [5.41, 5.74) is 0. The number of carbonyl (C=O) groups excluding carboxylic acids is 2. The summed E-state index contributed by atoms with van der Waals surface area (Å²) in [4.78, 5) is 30.5. The lowest BCUT2D eigenvalue weighted by Crippen LogP contribution is -2.25. The van der Waals surface area contributed by atoms with E-state index in [0.717, 1.165) is 0 Å². The van der Waals surface area contributed by atoms with E-state index in [4.69, 9.17) is 0 Å². The maximum absolute atomic E-state index is 10.6. The fraction of sp³-hybridized carbons (Fsp3) is 0.750. The predicted molar refractivity (Wildman–Crippen MR) is 50.8 cm³/mol. The molecule has 0 aromatic rings. The number of carbonyl (C=O) groups is 2. The van der Waals surface area contributed by atoms with Gasteiger partial charge in [-0.15, -0.1) is 0 Å². The molecule has 0 saturated carbocycles. The predicted octanol–water partition coefficient (Wildman–Crippen LogP) is 0.706. The van der Waals surface area contributed by atoms with Gasteiger partial charge in [-0.3, -0.25) is 4.79 Å². The molecule has 5 heteroatoms. The minimum atomic E-state index is -2.03. The average molecular weight is 204 g/mol. The fourth-order valence-corrected chi connectivity index (χ4v) is 1.78. The van der Waals surface area contributed by atoms with Gasteiger partial charge >= 0.3 is 5.97 Å². The molecule has 0 atom stereocenters. The topological polar surface area (TPSA) is 63.6 Å². The van der Waals surface area contributed by atoms with Crippen molar-refractivity contribution in [3.8, 4) is 0 Å². The first-order chi connectivity index (χ1) is 5.83. The molecule has 0 aliphatic rings. The fourth-order valence-electron chi connectivity index (χ4n) is 0.771. The molecule has 0 aromatic heterocycles. The second-order valence-electron chi connectivity index (χ2n) is 3.61. The first kappa shape index (κ1) is 12.3. The van der Waals surface area contributed by atoms with Crippen molar-refractivity contribution in [2.45, 2.75) is 32.5 Å². The largest absolute Gasteiger partial charge is 0.460 e. The first-order valence-corrected chi connectivity index (χ1v) is 7.38. The smallest absolute Gasteiger partial charge is 0.374 e. The Labute approximate surface area is 79.0 Å². The van der Waals surface area contributed by atoms with Crippen molar-refractivity contribution < 1.29 is 19.1 Å². The Morgan fingerprint density at radius 1 is 1.38 bits per heavy atom. The van der Waals surface area contributed by atoms with Gasteiger partial charge in [0.25, 0.3) is 0 Å². The van der Waals surface area contributed by atoms with Crippen LogP contribution in [0.15, 0.2) is 0 Å². The van der Waals surface area contributed by atoms with E-state index in [9.17, 15) is 14.4 Å². The van der Waals surface area contributed by atoms with Crippen LogP contribution in [0.25, 0.3) is 0 Å². The molecular weight excluding hydrogens is 188 g/mol. The van der Waals surface area contributed by atoms with Crippen LogP contribution in [0.4, 0.5) is 0 Å². The molecule has 0 amide bonds. The Kier molecular flexibility index (Phi) is 4.86. The Hall–Kier alpha value is -0.683. The van der Waals surface area contributed by atoms with Crippen molar-refractivity contribution in [2.24, 2.45) is 0 Å². The van der Waals surface area contributed by atoms with E-state index >= 15 is 0 Å². The first-order valence-electron chi connectivity index (χ1n) is 4.23. The third kappa shape index (κ3) is 7.67. The normalized spacial score (nSPS) is 11.1. The summed E-state index contributed by atoms with van der Waals surface area (Å²) in [6.45, 7) is 5.03. The van der Waals surface area contributed by atoms with Crippen LogP contribution in [0.1, 0.15) is 13.3 Å². The van der Waals surface area contributed by atoms with E-state index in [-0.39, 0.29) is 6.61 Å².